The van der Waals surface area contributed by atoms with Crippen LogP contribution in [0.4, 0.5) is 5.82 Å². The Hall–Kier alpha value is -2.90. The number of hydrogen-bond acceptors (Lipinski definition) is 5. The molecule has 0 atom stereocenters. The predicted molar refractivity (Wildman–Crippen MR) is 89.5 cm³/mol. The van der Waals surface area contributed by atoms with Crippen LogP contribution in [-0.4, -0.2) is 40.0 Å². The van der Waals surface area contributed by atoms with Crippen molar-refractivity contribution in [2.45, 2.75) is 38.0 Å². The second-order valence-electron chi connectivity index (χ2n) is 6.09. The van der Waals surface area contributed by atoms with E-state index in [9.17, 15) is 14.4 Å². The highest BCUT2D eigenvalue weighted by Gasteiger charge is 2.26. The van der Waals surface area contributed by atoms with Crippen molar-refractivity contribution in [3.05, 3.63) is 35.3 Å². The van der Waals surface area contributed by atoms with Crippen molar-refractivity contribution in [3.63, 3.8) is 0 Å². The van der Waals surface area contributed by atoms with Gasteiger partial charge in [-0.3, -0.25) is 19.5 Å². The lowest BCUT2D eigenvalue weighted by Crippen LogP contribution is -2.12. The smallest absolute Gasteiger partial charge is 0.305 e. The number of hydrogen-bond donors (Lipinski definition) is 3. The van der Waals surface area contributed by atoms with E-state index in [0.29, 0.717) is 29.4 Å². The molecule has 132 valence electrons. The number of carbonyl (C=O) groups excluding carboxylic acids is 3. The average Bonchev–Trinajstić information content (AvgIpc) is 3.14. The van der Waals surface area contributed by atoms with Gasteiger partial charge >= 0.3 is 5.97 Å². The van der Waals surface area contributed by atoms with Crippen LogP contribution in [0, 0.1) is 0 Å². The quantitative estimate of drug-likeness (QED) is 0.502. The monoisotopic (exact) mass is 344 g/mol. The summed E-state index contributed by atoms with van der Waals surface area (Å²) in [6.45, 7) is 0. The number of esters is 1. The minimum absolute atomic E-state index is 0.128. The minimum atomic E-state index is -0.348. The minimum Gasteiger partial charge on any atom is -0.469 e. The van der Waals surface area contributed by atoms with E-state index in [-0.39, 0.29) is 30.5 Å². The summed E-state index contributed by atoms with van der Waals surface area (Å²) in [5.41, 5.74) is 1.67. The number of amides is 1. The molecular weight excluding hydrogens is 324 g/mol. The number of aromatic nitrogens is 3. The molecule has 1 fully saturated rings. The maximum atomic E-state index is 12.2. The van der Waals surface area contributed by atoms with Gasteiger partial charge in [-0.1, -0.05) is 0 Å². The molecule has 1 saturated carbocycles. The van der Waals surface area contributed by atoms with E-state index >= 15 is 0 Å². The molecule has 3 N–H and O–H groups in total. The highest BCUT2D eigenvalue weighted by molar-refractivity contribution is 6.05. The van der Waals surface area contributed by atoms with Gasteiger partial charge in [-0.2, -0.15) is 5.10 Å². The van der Waals surface area contributed by atoms with Crippen molar-refractivity contribution < 1.29 is 19.1 Å². The first-order chi connectivity index (χ1) is 12.1. The van der Waals surface area contributed by atoms with Gasteiger partial charge < -0.3 is 15.0 Å². The molecule has 0 aromatic carbocycles. The molecule has 0 radical (unpaired) electrons. The van der Waals surface area contributed by atoms with Crippen molar-refractivity contribution in [1.82, 2.24) is 15.2 Å². The molecule has 0 spiro atoms. The molecule has 0 saturated heterocycles. The summed E-state index contributed by atoms with van der Waals surface area (Å²) in [6.07, 6.45) is 4.60. The normalized spacial score (nSPS) is 13.5. The summed E-state index contributed by atoms with van der Waals surface area (Å²) in [6, 6.07) is 3.34. The van der Waals surface area contributed by atoms with E-state index in [2.05, 4.69) is 25.2 Å². The van der Waals surface area contributed by atoms with Crippen molar-refractivity contribution in [2.24, 2.45) is 0 Å². The fraction of sp³-hybridized carbons (Fsp3) is 0.412. The number of ether oxygens (including phenoxy) is 1. The Morgan fingerprint density at radius 1 is 1.28 bits per heavy atom. The third kappa shape index (κ3) is 4.34. The molecule has 3 rings (SSSR count). The second kappa shape index (κ2) is 7.33. The molecule has 1 aliphatic carbocycles. The lowest BCUT2D eigenvalue weighted by atomic mass is 10.1. The van der Waals surface area contributed by atoms with Crippen LogP contribution in [0.15, 0.2) is 18.3 Å². The standard InChI is InChI=1S/C17H20N4O4/c1-25-16(23)4-2-3-14(22)11-7-13(18-9-11)17(24)19-15-8-12(20-21-15)10-5-6-10/h7-10,18H,2-6H2,1H3,(H2,19,20,21,24). The van der Waals surface area contributed by atoms with Crippen LogP contribution in [0.2, 0.25) is 0 Å². The number of ketones is 1. The van der Waals surface area contributed by atoms with Gasteiger partial charge in [-0.05, 0) is 25.3 Å². The lowest BCUT2D eigenvalue weighted by molar-refractivity contribution is -0.140. The van der Waals surface area contributed by atoms with Crippen LogP contribution in [0.5, 0.6) is 0 Å². The fourth-order valence-electron chi connectivity index (χ4n) is 2.51. The third-order valence-electron chi connectivity index (χ3n) is 4.10. The Morgan fingerprint density at radius 3 is 2.80 bits per heavy atom. The van der Waals surface area contributed by atoms with E-state index < -0.39 is 0 Å². The molecule has 8 heteroatoms. The zero-order chi connectivity index (χ0) is 17.8. The first-order valence-electron chi connectivity index (χ1n) is 8.22. The van der Waals surface area contributed by atoms with E-state index in [4.69, 9.17) is 0 Å². The molecule has 8 nitrogen and oxygen atoms in total. The predicted octanol–water partition coefficient (Wildman–Crippen LogP) is 2.39. The summed E-state index contributed by atoms with van der Waals surface area (Å²) in [5.74, 6) is 0.220. The SMILES string of the molecule is COC(=O)CCCC(=O)c1c[nH]c(C(=O)Nc2cc(C3CC3)n[nH]2)c1. The summed E-state index contributed by atoms with van der Waals surface area (Å²) < 4.78 is 4.53. The van der Waals surface area contributed by atoms with Crippen LogP contribution in [-0.2, 0) is 9.53 Å². The van der Waals surface area contributed by atoms with Crippen molar-refractivity contribution in [3.8, 4) is 0 Å². The summed E-state index contributed by atoms with van der Waals surface area (Å²) in [5, 5.41) is 9.68. The molecule has 25 heavy (non-hydrogen) atoms. The van der Waals surface area contributed by atoms with Crippen LogP contribution in [0.3, 0.4) is 0 Å². The number of rotatable bonds is 8. The highest BCUT2D eigenvalue weighted by Crippen LogP contribution is 2.39. The molecule has 1 amide bonds. The first-order valence-corrected chi connectivity index (χ1v) is 8.22. The number of Topliss-reactive ketones (excluding diaryl/α,β-unsaturated/α-hetero) is 1. The zero-order valence-electron chi connectivity index (χ0n) is 13.9. The number of methoxy groups -OCH3 is 1. The van der Waals surface area contributed by atoms with Gasteiger partial charge in [0.25, 0.3) is 5.91 Å². The Bertz CT molecular complexity index is 788. The van der Waals surface area contributed by atoms with E-state index in [0.717, 1.165) is 18.5 Å². The number of nitrogens with zero attached hydrogens (tertiary/aromatic N) is 1. The number of H-pyrrole nitrogens is 2. The fourth-order valence-corrected chi connectivity index (χ4v) is 2.51. The van der Waals surface area contributed by atoms with Crippen molar-refractivity contribution >= 4 is 23.5 Å². The lowest BCUT2D eigenvalue weighted by Gasteiger charge is -1.99. The summed E-state index contributed by atoms with van der Waals surface area (Å²) >= 11 is 0. The number of anilines is 1. The van der Waals surface area contributed by atoms with Crippen LogP contribution < -0.4 is 5.32 Å². The van der Waals surface area contributed by atoms with E-state index in [1.807, 2.05) is 6.07 Å². The molecule has 2 aromatic rings. The average molecular weight is 344 g/mol. The van der Waals surface area contributed by atoms with E-state index in [1.165, 1.54) is 19.4 Å². The summed E-state index contributed by atoms with van der Waals surface area (Å²) in [4.78, 5) is 38.1. The Balaban J connectivity index is 1.53. The molecule has 2 aromatic heterocycles. The molecule has 0 bridgehead atoms. The maximum absolute atomic E-state index is 12.2. The van der Waals surface area contributed by atoms with Crippen LogP contribution in [0.1, 0.15) is 64.6 Å². The van der Waals surface area contributed by atoms with Gasteiger partial charge in [0.2, 0.25) is 0 Å². The number of carbonyl (C=O) groups is 3. The highest BCUT2D eigenvalue weighted by atomic mass is 16.5. The van der Waals surface area contributed by atoms with E-state index in [1.54, 1.807) is 0 Å². The zero-order valence-corrected chi connectivity index (χ0v) is 13.9. The van der Waals surface area contributed by atoms with Crippen LogP contribution in [0.25, 0.3) is 0 Å². The van der Waals surface area contributed by atoms with Gasteiger partial charge in [0, 0.05) is 36.6 Å². The maximum Gasteiger partial charge on any atom is 0.305 e. The van der Waals surface area contributed by atoms with Crippen molar-refractivity contribution in [1.29, 1.82) is 0 Å². The van der Waals surface area contributed by atoms with Gasteiger partial charge in [0.05, 0.1) is 12.8 Å². The largest absolute Gasteiger partial charge is 0.469 e. The van der Waals surface area contributed by atoms with Gasteiger partial charge in [-0.25, -0.2) is 0 Å². The number of nitrogens with one attached hydrogen (secondary N) is 3. The van der Waals surface area contributed by atoms with Gasteiger partial charge in [0.15, 0.2) is 5.78 Å². The van der Waals surface area contributed by atoms with Gasteiger partial charge in [-0.15, -0.1) is 0 Å². The topological polar surface area (TPSA) is 117 Å². The Morgan fingerprint density at radius 2 is 2.08 bits per heavy atom. The molecule has 2 heterocycles. The second-order valence-corrected chi connectivity index (χ2v) is 6.09. The molecule has 1 aliphatic rings. The third-order valence-corrected chi connectivity index (χ3v) is 4.10. The van der Waals surface area contributed by atoms with Crippen LogP contribution >= 0.6 is 0 Å². The molecule has 0 aliphatic heterocycles. The van der Waals surface area contributed by atoms with Crippen molar-refractivity contribution in [2.75, 3.05) is 12.4 Å². The summed E-state index contributed by atoms with van der Waals surface area (Å²) in [7, 11) is 1.31. The number of aromatic amines is 2. The Labute approximate surface area is 144 Å². The van der Waals surface area contributed by atoms with Gasteiger partial charge in [0.1, 0.15) is 11.5 Å². The molecule has 0 unspecified atom stereocenters. The Kier molecular flexibility index (Phi) is 4.97. The first kappa shape index (κ1) is 16.9. The molecular formula is C17H20N4O4.